The van der Waals surface area contributed by atoms with E-state index < -0.39 is 36.0 Å². The monoisotopic (exact) mass is 531 g/mol. The van der Waals surface area contributed by atoms with E-state index in [0.29, 0.717) is 6.42 Å². The Bertz CT molecular complexity index is 1200. The number of nitrogens with one attached hydrogen (secondary N) is 1. The molecule has 0 aromatic heterocycles. The molecule has 0 unspecified atom stereocenters. The summed E-state index contributed by atoms with van der Waals surface area (Å²) < 4.78 is 0. The molecule has 8 heteroatoms. The van der Waals surface area contributed by atoms with E-state index in [2.05, 4.69) is 5.32 Å². The quantitative estimate of drug-likeness (QED) is 0.175. The lowest BCUT2D eigenvalue weighted by Crippen LogP contribution is -2.50. The van der Waals surface area contributed by atoms with Crippen LogP contribution in [0.25, 0.3) is 0 Å². The lowest BCUT2D eigenvalue weighted by atomic mass is 9.91. The molecule has 39 heavy (non-hydrogen) atoms. The second kappa shape index (κ2) is 14.8. The molecule has 0 spiro atoms. The Morgan fingerprint density at radius 3 is 1.87 bits per heavy atom. The Kier molecular flexibility index (Phi) is 11.2. The third-order valence-corrected chi connectivity index (χ3v) is 6.50. The topological polar surface area (TPSA) is 159 Å². The van der Waals surface area contributed by atoms with Crippen molar-refractivity contribution < 1.29 is 24.9 Å². The van der Waals surface area contributed by atoms with Crippen LogP contribution in [-0.4, -0.2) is 51.4 Å². The molecule has 206 valence electrons. The van der Waals surface area contributed by atoms with Gasteiger partial charge in [-0.3, -0.25) is 9.59 Å². The second-order valence-electron chi connectivity index (χ2n) is 9.76. The summed E-state index contributed by atoms with van der Waals surface area (Å²) in [6, 6.07) is 23.8. The van der Waals surface area contributed by atoms with Gasteiger partial charge in [0, 0.05) is 12.5 Å². The van der Waals surface area contributed by atoms with Crippen molar-refractivity contribution in [2.75, 3.05) is 0 Å². The van der Waals surface area contributed by atoms with Gasteiger partial charge >= 0.3 is 0 Å². The molecular weight excluding hydrogens is 494 g/mol. The van der Waals surface area contributed by atoms with Crippen LogP contribution in [-0.2, 0) is 28.9 Å². The highest BCUT2D eigenvalue weighted by Gasteiger charge is 2.29. The van der Waals surface area contributed by atoms with E-state index in [-0.39, 0.29) is 31.1 Å². The summed E-state index contributed by atoms with van der Waals surface area (Å²) in [4.78, 5) is 25.5. The van der Waals surface area contributed by atoms with Crippen LogP contribution in [0.3, 0.4) is 0 Å². The zero-order valence-electron chi connectivity index (χ0n) is 21.8. The third-order valence-electron chi connectivity index (χ3n) is 6.50. The van der Waals surface area contributed by atoms with Gasteiger partial charge in [0.25, 0.3) is 0 Å². The second-order valence-corrected chi connectivity index (χ2v) is 9.76. The van der Waals surface area contributed by atoms with Crippen LogP contribution in [0.1, 0.15) is 23.1 Å². The molecule has 0 heterocycles. The number of carbonyl (C=O) groups is 2. The average molecular weight is 532 g/mol. The van der Waals surface area contributed by atoms with Crippen LogP contribution in [0, 0.1) is 5.92 Å². The predicted octanol–water partition coefficient (Wildman–Crippen LogP) is 2.00. The molecule has 0 saturated heterocycles. The maximum atomic E-state index is 13.3. The standard InChI is InChI=1S/C31H37N3O5/c32-24(17-23-11-13-25(35)14-12-23)20-26(36)15-16-29(37)27(18-21-7-3-1-4-8-21)31(39)34-28(30(33)38)19-22-9-5-2-6-10-22/h1-16,24,26-29,35-37H,17-20,32H2,(H2,33,38)(H,34,39)/b16-15+/t24-,26+,27-,28-,29-/m0/s1. The van der Waals surface area contributed by atoms with Gasteiger partial charge in [-0.15, -0.1) is 0 Å². The van der Waals surface area contributed by atoms with Crippen molar-refractivity contribution in [2.45, 2.75) is 50.0 Å². The fraction of sp³-hybridized carbons (Fsp3) is 0.290. The van der Waals surface area contributed by atoms with Crippen molar-refractivity contribution in [1.29, 1.82) is 0 Å². The maximum Gasteiger partial charge on any atom is 0.240 e. The van der Waals surface area contributed by atoms with Crippen LogP contribution in [0.5, 0.6) is 5.75 Å². The van der Waals surface area contributed by atoms with E-state index in [4.69, 9.17) is 11.5 Å². The summed E-state index contributed by atoms with van der Waals surface area (Å²) in [5.41, 5.74) is 14.4. The van der Waals surface area contributed by atoms with Gasteiger partial charge in [-0.1, -0.05) is 84.9 Å². The number of aromatic hydroxyl groups is 1. The van der Waals surface area contributed by atoms with Crippen LogP contribution >= 0.6 is 0 Å². The van der Waals surface area contributed by atoms with Gasteiger partial charge in [0.15, 0.2) is 0 Å². The first kappa shape index (κ1) is 29.6. The molecule has 0 radical (unpaired) electrons. The van der Waals surface area contributed by atoms with Crippen molar-refractivity contribution in [3.8, 4) is 5.75 Å². The molecule has 0 aliphatic heterocycles. The number of carbonyl (C=O) groups excluding carboxylic acids is 2. The number of phenols is 1. The Morgan fingerprint density at radius 2 is 1.31 bits per heavy atom. The van der Waals surface area contributed by atoms with Crippen molar-refractivity contribution in [2.24, 2.45) is 17.4 Å². The van der Waals surface area contributed by atoms with Gasteiger partial charge in [-0.2, -0.15) is 0 Å². The van der Waals surface area contributed by atoms with Gasteiger partial charge in [0.1, 0.15) is 11.8 Å². The average Bonchev–Trinajstić information content (AvgIpc) is 2.92. The molecule has 8 nitrogen and oxygen atoms in total. The molecule has 3 aromatic carbocycles. The molecule has 0 fully saturated rings. The summed E-state index contributed by atoms with van der Waals surface area (Å²) in [7, 11) is 0. The Hall–Kier alpha value is -3.98. The van der Waals surface area contributed by atoms with E-state index in [9.17, 15) is 24.9 Å². The van der Waals surface area contributed by atoms with Crippen LogP contribution in [0.15, 0.2) is 97.1 Å². The van der Waals surface area contributed by atoms with E-state index in [1.807, 2.05) is 60.7 Å². The predicted molar refractivity (Wildman–Crippen MR) is 150 cm³/mol. The van der Waals surface area contributed by atoms with Crippen molar-refractivity contribution in [1.82, 2.24) is 5.32 Å². The highest BCUT2D eigenvalue weighted by Crippen LogP contribution is 2.17. The number of nitrogens with two attached hydrogens (primary N) is 2. The highest BCUT2D eigenvalue weighted by molar-refractivity contribution is 5.88. The number of amides is 2. The summed E-state index contributed by atoms with van der Waals surface area (Å²) >= 11 is 0. The summed E-state index contributed by atoms with van der Waals surface area (Å²) in [6.45, 7) is 0. The fourth-order valence-corrected chi connectivity index (χ4v) is 4.37. The van der Waals surface area contributed by atoms with Crippen molar-refractivity contribution in [3.05, 3.63) is 114 Å². The summed E-state index contributed by atoms with van der Waals surface area (Å²) in [6.07, 6.45) is 1.82. The number of rotatable bonds is 14. The molecule has 0 saturated carbocycles. The number of benzene rings is 3. The number of aliphatic hydroxyl groups excluding tert-OH is 2. The molecule has 0 aliphatic rings. The number of hydrogen-bond acceptors (Lipinski definition) is 6. The van der Waals surface area contributed by atoms with Gasteiger partial charge in [0.2, 0.25) is 11.8 Å². The first-order valence-electron chi connectivity index (χ1n) is 13.0. The van der Waals surface area contributed by atoms with Gasteiger partial charge in [0.05, 0.1) is 18.1 Å². The smallest absolute Gasteiger partial charge is 0.240 e. The molecule has 5 atom stereocenters. The minimum atomic E-state index is -1.24. The Labute approximate surface area is 229 Å². The Morgan fingerprint density at radius 1 is 0.769 bits per heavy atom. The van der Waals surface area contributed by atoms with E-state index in [1.54, 1.807) is 24.3 Å². The zero-order chi connectivity index (χ0) is 28.2. The molecule has 3 rings (SSSR count). The van der Waals surface area contributed by atoms with E-state index in [1.165, 1.54) is 12.2 Å². The SMILES string of the molecule is NC(=O)[C@H](Cc1ccccc1)NC(=O)[C@@H](Cc1ccccc1)[C@@H](O)/C=C/[C@@H](O)C[C@@H](N)Cc1ccc(O)cc1. The van der Waals surface area contributed by atoms with Crippen molar-refractivity contribution in [3.63, 3.8) is 0 Å². The highest BCUT2D eigenvalue weighted by atomic mass is 16.3. The maximum absolute atomic E-state index is 13.3. The van der Waals surface area contributed by atoms with E-state index >= 15 is 0 Å². The van der Waals surface area contributed by atoms with Crippen LogP contribution in [0.2, 0.25) is 0 Å². The molecule has 0 bridgehead atoms. The lowest BCUT2D eigenvalue weighted by Gasteiger charge is -2.24. The fourth-order valence-electron chi connectivity index (χ4n) is 4.37. The molecule has 2 amide bonds. The lowest BCUT2D eigenvalue weighted by molar-refractivity contribution is -0.131. The van der Waals surface area contributed by atoms with E-state index in [0.717, 1.165) is 16.7 Å². The van der Waals surface area contributed by atoms with Crippen LogP contribution in [0.4, 0.5) is 0 Å². The van der Waals surface area contributed by atoms with Gasteiger partial charge in [-0.05, 0) is 48.1 Å². The minimum Gasteiger partial charge on any atom is -0.508 e. The number of primary amides is 1. The first-order chi connectivity index (χ1) is 18.7. The zero-order valence-corrected chi connectivity index (χ0v) is 21.8. The summed E-state index contributed by atoms with van der Waals surface area (Å²) in [5.74, 6) is -1.96. The summed E-state index contributed by atoms with van der Waals surface area (Å²) in [5, 5.41) is 33.6. The Balaban J connectivity index is 1.67. The van der Waals surface area contributed by atoms with Gasteiger partial charge < -0.3 is 32.1 Å². The minimum absolute atomic E-state index is 0.167. The first-order valence-corrected chi connectivity index (χ1v) is 13.0. The van der Waals surface area contributed by atoms with Crippen molar-refractivity contribution >= 4 is 11.8 Å². The van der Waals surface area contributed by atoms with Gasteiger partial charge in [-0.25, -0.2) is 0 Å². The largest absolute Gasteiger partial charge is 0.508 e. The molecular formula is C31H37N3O5. The number of hydrogen-bond donors (Lipinski definition) is 6. The third kappa shape index (κ3) is 10.0. The normalized spacial score (nSPS) is 15.3. The number of phenolic OH excluding ortho intramolecular Hbond substituents is 1. The molecule has 8 N–H and O–H groups in total. The molecule has 0 aliphatic carbocycles. The van der Waals surface area contributed by atoms with Crippen LogP contribution < -0.4 is 16.8 Å². The molecule has 3 aromatic rings. The number of aliphatic hydroxyl groups is 2.